The summed E-state index contributed by atoms with van der Waals surface area (Å²) in [5.41, 5.74) is 5.08. The summed E-state index contributed by atoms with van der Waals surface area (Å²) in [7, 11) is 0. The van der Waals surface area contributed by atoms with E-state index >= 15 is 0 Å². The molecule has 6 heterocycles. The van der Waals surface area contributed by atoms with E-state index in [0.29, 0.717) is 58.8 Å². The lowest BCUT2D eigenvalue weighted by atomic mass is 9.75. The zero-order valence-corrected chi connectivity index (χ0v) is 21.0. The predicted molar refractivity (Wildman–Crippen MR) is 137 cm³/mol. The second-order valence-electron chi connectivity index (χ2n) is 9.88. The molecule has 1 unspecified atom stereocenters. The Morgan fingerprint density at radius 3 is 2.68 bits per heavy atom. The zero-order chi connectivity index (χ0) is 25.5. The lowest BCUT2D eigenvalue weighted by molar-refractivity contribution is 0.0871. The first-order valence-electron chi connectivity index (χ1n) is 12.8. The van der Waals surface area contributed by atoms with Crippen LogP contribution in [0.25, 0.3) is 22.6 Å². The number of hydrogen-bond donors (Lipinski definition) is 0. The van der Waals surface area contributed by atoms with Crippen LogP contribution in [0.5, 0.6) is 6.01 Å². The number of rotatable bonds is 6. The number of hydrogen-bond acceptors (Lipinski definition) is 7. The van der Waals surface area contributed by atoms with E-state index in [9.17, 15) is 9.65 Å². The van der Waals surface area contributed by atoms with Crippen molar-refractivity contribution in [1.29, 1.82) is 5.26 Å². The van der Waals surface area contributed by atoms with Gasteiger partial charge in [-0.3, -0.25) is 4.98 Å². The minimum atomic E-state index is -0.450. The Morgan fingerprint density at radius 2 is 1.97 bits per heavy atom. The van der Waals surface area contributed by atoms with Crippen LogP contribution in [0.3, 0.4) is 0 Å². The second-order valence-corrected chi connectivity index (χ2v) is 9.88. The van der Waals surface area contributed by atoms with Crippen molar-refractivity contribution in [2.24, 2.45) is 5.92 Å². The molecule has 4 aromatic rings. The molecule has 7 rings (SSSR count). The molecule has 3 saturated heterocycles. The molecule has 0 N–H and O–H groups in total. The van der Waals surface area contributed by atoms with Crippen molar-refractivity contribution in [3.63, 3.8) is 0 Å². The highest BCUT2D eigenvalue weighted by molar-refractivity contribution is 5.79. The molecule has 188 valence electrons. The Bertz CT molecular complexity index is 1520. The number of halogens is 1. The number of pyridine rings is 1. The zero-order valence-electron chi connectivity index (χ0n) is 21.0. The fourth-order valence-corrected chi connectivity index (χ4v) is 5.79. The molecule has 8 nitrogen and oxygen atoms in total. The van der Waals surface area contributed by atoms with Crippen molar-refractivity contribution >= 4 is 11.2 Å². The summed E-state index contributed by atoms with van der Waals surface area (Å²) in [6, 6.07) is 10.3. The van der Waals surface area contributed by atoms with Crippen LogP contribution in [0, 0.1) is 30.0 Å². The topological polar surface area (TPSA) is 92.8 Å². The van der Waals surface area contributed by atoms with Crippen molar-refractivity contribution < 1.29 is 9.13 Å². The first-order chi connectivity index (χ1) is 18.0. The molecule has 3 aliphatic heterocycles. The highest BCUT2D eigenvalue weighted by atomic mass is 19.1. The molecule has 0 radical (unpaired) electrons. The van der Waals surface area contributed by atoms with Crippen LogP contribution in [0.2, 0.25) is 0 Å². The van der Waals surface area contributed by atoms with E-state index < -0.39 is 5.82 Å². The Morgan fingerprint density at radius 1 is 1.14 bits per heavy atom. The first kappa shape index (κ1) is 23.5. The van der Waals surface area contributed by atoms with Crippen LogP contribution >= 0.6 is 0 Å². The summed E-state index contributed by atoms with van der Waals surface area (Å²) in [5.74, 6) is 1.21. The summed E-state index contributed by atoms with van der Waals surface area (Å²) in [6.45, 7) is 7.92. The number of imidazole rings is 1. The SMILES string of the molecule is CCOc1nc(C)c2nc(-c3cncc(F)c3)n(Cc3ccc(C4CN5CCC4CC5)cc3C#N)c2n1. The Kier molecular flexibility index (Phi) is 6.05. The summed E-state index contributed by atoms with van der Waals surface area (Å²) in [6.07, 6.45) is 5.19. The molecule has 9 heteroatoms. The van der Waals surface area contributed by atoms with Gasteiger partial charge in [-0.2, -0.15) is 15.2 Å². The summed E-state index contributed by atoms with van der Waals surface area (Å²) in [4.78, 5) is 20.4. The predicted octanol–water partition coefficient (Wildman–Crippen LogP) is 4.46. The van der Waals surface area contributed by atoms with Crippen LogP contribution in [-0.2, 0) is 6.54 Å². The van der Waals surface area contributed by atoms with Crippen molar-refractivity contribution in [3.8, 4) is 23.5 Å². The number of aromatic nitrogens is 5. The third-order valence-corrected chi connectivity index (χ3v) is 7.65. The lowest BCUT2D eigenvalue weighted by Gasteiger charge is -2.45. The van der Waals surface area contributed by atoms with Gasteiger partial charge >= 0.3 is 6.01 Å². The van der Waals surface area contributed by atoms with Crippen molar-refractivity contribution in [1.82, 2.24) is 29.4 Å². The van der Waals surface area contributed by atoms with Crippen LogP contribution in [-0.4, -0.2) is 55.6 Å². The number of piperidine rings is 3. The van der Waals surface area contributed by atoms with Gasteiger partial charge in [0, 0.05) is 18.3 Å². The third-order valence-electron chi connectivity index (χ3n) is 7.65. The molecule has 0 spiro atoms. The number of nitrogens with zero attached hydrogens (tertiary/aromatic N) is 7. The summed E-state index contributed by atoms with van der Waals surface area (Å²) < 4.78 is 21.6. The average Bonchev–Trinajstić information content (AvgIpc) is 3.28. The normalized spacial score (nSPS) is 20.8. The minimum Gasteiger partial charge on any atom is -0.464 e. The molecule has 37 heavy (non-hydrogen) atoms. The number of fused-ring (bicyclic) bond motifs is 4. The molecule has 3 aromatic heterocycles. The van der Waals surface area contributed by atoms with E-state index in [2.05, 4.69) is 38.1 Å². The number of benzene rings is 1. The van der Waals surface area contributed by atoms with Crippen LogP contribution < -0.4 is 4.74 Å². The largest absolute Gasteiger partial charge is 0.464 e. The van der Waals surface area contributed by atoms with Gasteiger partial charge in [-0.1, -0.05) is 12.1 Å². The van der Waals surface area contributed by atoms with Crippen molar-refractivity contribution in [2.45, 2.75) is 39.2 Å². The number of nitriles is 1. The lowest BCUT2D eigenvalue weighted by Crippen LogP contribution is -2.46. The molecule has 3 fully saturated rings. The Labute approximate surface area is 214 Å². The highest BCUT2D eigenvalue weighted by Crippen LogP contribution is 2.39. The first-order valence-corrected chi connectivity index (χ1v) is 12.8. The van der Waals surface area contributed by atoms with Gasteiger partial charge in [0.1, 0.15) is 17.2 Å². The van der Waals surface area contributed by atoms with Crippen molar-refractivity contribution in [2.75, 3.05) is 26.2 Å². The fourth-order valence-electron chi connectivity index (χ4n) is 5.79. The molecule has 0 amide bonds. The summed E-state index contributed by atoms with van der Waals surface area (Å²) in [5, 5.41) is 10.1. The Hall–Kier alpha value is -3.90. The van der Waals surface area contributed by atoms with E-state index in [0.717, 1.165) is 18.3 Å². The molecule has 0 aliphatic carbocycles. The molecule has 2 bridgehead atoms. The molecular formula is C28H28FN7O. The van der Waals surface area contributed by atoms with Gasteiger partial charge in [0.2, 0.25) is 0 Å². The monoisotopic (exact) mass is 497 g/mol. The fraction of sp³-hybridized carbons (Fsp3) is 0.393. The van der Waals surface area contributed by atoms with Gasteiger partial charge in [0.15, 0.2) is 5.65 Å². The van der Waals surface area contributed by atoms with Gasteiger partial charge in [-0.25, -0.2) is 9.37 Å². The molecule has 1 aromatic carbocycles. The van der Waals surface area contributed by atoms with E-state index in [4.69, 9.17) is 9.72 Å². The quantitative estimate of drug-likeness (QED) is 0.388. The maximum Gasteiger partial charge on any atom is 0.318 e. The van der Waals surface area contributed by atoms with E-state index in [1.165, 1.54) is 37.6 Å². The maximum absolute atomic E-state index is 14.1. The molecule has 3 aliphatic rings. The molecule has 1 atom stereocenters. The van der Waals surface area contributed by atoms with Gasteiger partial charge in [0.05, 0.1) is 36.7 Å². The van der Waals surface area contributed by atoms with Crippen LogP contribution in [0.4, 0.5) is 4.39 Å². The highest BCUT2D eigenvalue weighted by Gasteiger charge is 2.35. The number of aryl methyl sites for hydroxylation is 1. The van der Waals surface area contributed by atoms with Gasteiger partial charge in [0.25, 0.3) is 0 Å². The van der Waals surface area contributed by atoms with Gasteiger partial charge < -0.3 is 14.2 Å². The molecular weight excluding hydrogens is 469 g/mol. The van der Waals surface area contributed by atoms with Crippen LogP contribution in [0.1, 0.15) is 48.1 Å². The standard InChI is InChI=1S/C28H28FN7O/c1-3-37-28-32-17(2)25-27(34-28)36(26(33-25)22-11-23(29)14-31-13-22)15-20-5-4-19(10-21(20)12-30)24-16-35-8-6-18(24)7-9-35/h4-5,10-11,13-14,18,24H,3,6-9,15-16H2,1-2H3. The van der Waals surface area contributed by atoms with E-state index in [-0.39, 0.29) is 6.01 Å². The smallest absolute Gasteiger partial charge is 0.318 e. The van der Waals surface area contributed by atoms with E-state index in [1.54, 1.807) is 6.20 Å². The minimum absolute atomic E-state index is 0.260. The third kappa shape index (κ3) is 4.31. The van der Waals surface area contributed by atoms with Crippen LogP contribution in [0.15, 0.2) is 36.7 Å². The maximum atomic E-state index is 14.1. The summed E-state index contributed by atoms with van der Waals surface area (Å²) >= 11 is 0. The number of ether oxygens (including phenoxy) is 1. The van der Waals surface area contributed by atoms with Gasteiger partial charge in [-0.05, 0) is 74.9 Å². The van der Waals surface area contributed by atoms with Gasteiger partial charge in [-0.15, -0.1) is 0 Å². The van der Waals surface area contributed by atoms with Crippen molar-refractivity contribution in [3.05, 3.63) is 64.9 Å². The van der Waals surface area contributed by atoms with E-state index in [1.807, 2.05) is 24.5 Å². The second kappa shape index (κ2) is 9.52. The Balaban J connectivity index is 1.45. The molecule has 0 saturated carbocycles. The average molecular weight is 498 g/mol.